The van der Waals surface area contributed by atoms with Crippen LogP contribution in [0.25, 0.3) is 0 Å². The SMILES string of the molecule is CC(C)Oc1ccccc1[C@H](C)NC(=O)N[C@H](C)c1nncn1C. The van der Waals surface area contributed by atoms with Crippen LogP contribution in [-0.2, 0) is 7.05 Å². The van der Waals surface area contributed by atoms with E-state index in [1.165, 1.54) is 0 Å². The van der Waals surface area contributed by atoms with Gasteiger partial charge in [0.05, 0.1) is 18.2 Å². The predicted octanol–water partition coefficient (Wildman–Crippen LogP) is 2.72. The van der Waals surface area contributed by atoms with E-state index >= 15 is 0 Å². The quantitative estimate of drug-likeness (QED) is 0.853. The molecule has 1 aromatic carbocycles. The Morgan fingerprint density at radius 2 is 1.79 bits per heavy atom. The second-order valence-corrected chi connectivity index (χ2v) is 6.07. The Kier molecular flexibility index (Phi) is 5.78. The normalized spacial score (nSPS) is 13.4. The van der Waals surface area contributed by atoms with E-state index in [4.69, 9.17) is 4.74 Å². The molecular formula is C17H25N5O2. The number of ether oxygens (including phenoxy) is 1. The summed E-state index contributed by atoms with van der Waals surface area (Å²) >= 11 is 0. The summed E-state index contributed by atoms with van der Waals surface area (Å²) in [7, 11) is 1.84. The number of carbonyl (C=O) groups is 1. The molecule has 2 amide bonds. The molecule has 0 bridgehead atoms. The maximum absolute atomic E-state index is 12.3. The predicted molar refractivity (Wildman–Crippen MR) is 91.7 cm³/mol. The van der Waals surface area contributed by atoms with E-state index in [2.05, 4.69) is 20.8 Å². The van der Waals surface area contributed by atoms with Crippen molar-refractivity contribution >= 4 is 6.03 Å². The Morgan fingerprint density at radius 3 is 2.42 bits per heavy atom. The molecule has 0 fully saturated rings. The molecule has 0 aliphatic carbocycles. The fraction of sp³-hybridized carbons (Fsp3) is 0.471. The van der Waals surface area contributed by atoms with E-state index in [-0.39, 0.29) is 24.2 Å². The molecule has 0 aliphatic heterocycles. The number of hydrogen-bond donors (Lipinski definition) is 2. The zero-order valence-electron chi connectivity index (χ0n) is 14.8. The minimum Gasteiger partial charge on any atom is -0.491 e. The summed E-state index contributed by atoms with van der Waals surface area (Å²) in [6, 6.07) is 7.02. The standard InChI is InChI=1S/C17H25N5O2/c1-11(2)24-15-9-7-6-8-14(15)12(3)19-17(23)20-13(4)16-21-18-10-22(16)5/h6-13H,1-5H3,(H2,19,20,23)/t12-,13+/m0/s1. The van der Waals surface area contributed by atoms with E-state index in [0.717, 1.165) is 11.3 Å². The number of nitrogens with zero attached hydrogens (tertiary/aromatic N) is 3. The van der Waals surface area contributed by atoms with Gasteiger partial charge in [-0.05, 0) is 33.8 Å². The highest BCUT2D eigenvalue weighted by molar-refractivity contribution is 5.75. The molecule has 0 saturated carbocycles. The van der Waals surface area contributed by atoms with Crippen molar-refractivity contribution < 1.29 is 9.53 Å². The smallest absolute Gasteiger partial charge is 0.315 e. The number of aromatic nitrogens is 3. The molecule has 2 N–H and O–H groups in total. The maximum atomic E-state index is 12.3. The van der Waals surface area contributed by atoms with Crippen LogP contribution in [0.1, 0.15) is 51.2 Å². The van der Waals surface area contributed by atoms with Crippen LogP contribution in [0.4, 0.5) is 4.79 Å². The lowest BCUT2D eigenvalue weighted by Crippen LogP contribution is -2.39. The van der Waals surface area contributed by atoms with Gasteiger partial charge in [-0.25, -0.2) is 4.79 Å². The van der Waals surface area contributed by atoms with Crippen molar-refractivity contribution in [3.05, 3.63) is 42.0 Å². The van der Waals surface area contributed by atoms with E-state index < -0.39 is 0 Å². The molecule has 1 heterocycles. The molecular weight excluding hydrogens is 306 g/mol. The van der Waals surface area contributed by atoms with Gasteiger partial charge < -0.3 is 19.9 Å². The molecule has 2 aromatic rings. The topological polar surface area (TPSA) is 81.1 Å². The number of hydrogen-bond acceptors (Lipinski definition) is 4. The van der Waals surface area contributed by atoms with Crippen LogP contribution in [0.2, 0.25) is 0 Å². The Labute approximate surface area is 142 Å². The average molecular weight is 331 g/mol. The van der Waals surface area contributed by atoms with Gasteiger partial charge in [0.1, 0.15) is 12.1 Å². The first-order valence-electron chi connectivity index (χ1n) is 8.05. The highest BCUT2D eigenvalue weighted by atomic mass is 16.5. The van der Waals surface area contributed by atoms with Gasteiger partial charge in [0, 0.05) is 12.6 Å². The molecule has 7 nitrogen and oxygen atoms in total. The van der Waals surface area contributed by atoms with Crippen LogP contribution < -0.4 is 15.4 Å². The maximum Gasteiger partial charge on any atom is 0.315 e. The Hall–Kier alpha value is -2.57. The highest BCUT2D eigenvalue weighted by Gasteiger charge is 2.18. The number of benzene rings is 1. The monoisotopic (exact) mass is 331 g/mol. The minimum atomic E-state index is -0.266. The van der Waals surface area contributed by atoms with Crippen LogP contribution in [0.15, 0.2) is 30.6 Å². The summed E-state index contributed by atoms with van der Waals surface area (Å²) in [4.78, 5) is 12.3. The zero-order chi connectivity index (χ0) is 17.7. The van der Waals surface area contributed by atoms with Gasteiger partial charge in [0.25, 0.3) is 0 Å². The summed E-state index contributed by atoms with van der Waals surface area (Å²) in [6.07, 6.45) is 1.68. The Bertz CT molecular complexity index is 683. The summed E-state index contributed by atoms with van der Waals surface area (Å²) in [6.45, 7) is 7.74. The molecule has 0 unspecified atom stereocenters. The van der Waals surface area contributed by atoms with E-state index in [0.29, 0.717) is 5.82 Å². The number of rotatable bonds is 6. The van der Waals surface area contributed by atoms with Gasteiger partial charge in [0.15, 0.2) is 5.82 Å². The fourth-order valence-corrected chi connectivity index (χ4v) is 2.46. The summed E-state index contributed by atoms with van der Waals surface area (Å²) in [5.41, 5.74) is 0.938. The Balaban J connectivity index is 2.00. The number of carbonyl (C=O) groups excluding carboxylic acids is 1. The number of nitrogens with one attached hydrogen (secondary N) is 2. The second kappa shape index (κ2) is 7.81. The first kappa shape index (κ1) is 17.8. The van der Waals surface area contributed by atoms with Crippen molar-refractivity contribution in [1.82, 2.24) is 25.4 Å². The van der Waals surface area contributed by atoms with Crippen LogP contribution >= 0.6 is 0 Å². The van der Waals surface area contributed by atoms with Crippen molar-refractivity contribution in [1.29, 1.82) is 0 Å². The number of urea groups is 1. The van der Waals surface area contributed by atoms with Crippen molar-refractivity contribution in [2.24, 2.45) is 7.05 Å². The molecule has 2 rings (SSSR count). The third kappa shape index (κ3) is 4.47. The van der Waals surface area contributed by atoms with Gasteiger partial charge in [-0.15, -0.1) is 10.2 Å². The Morgan fingerprint density at radius 1 is 1.12 bits per heavy atom. The lowest BCUT2D eigenvalue weighted by Gasteiger charge is -2.21. The van der Waals surface area contributed by atoms with Gasteiger partial charge in [-0.1, -0.05) is 18.2 Å². The molecule has 7 heteroatoms. The van der Waals surface area contributed by atoms with E-state index in [9.17, 15) is 4.79 Å². The minimum absolute atomic E-state index is 0.0723. The molecule has 0 saturated heterocycles. The lowest BCUT2D eigenvalue weighted by atomic mass is 10.1. The van der Waals surface area contributed by atoms with Crippen LogP contribution in [0.3, 0.4) is 0 Å². The first-order chi connectivity index (χ1) is 11.4. The summed E-state index contributed by atoms with van der Waals surface area (Å²) in [5, 5.41) is 13.6. The van der Waals surface area contributed by atoms with Gasteiger partial charge >= 0.3 is 6.03 Å². The van der Waals surface area contributed by atoms with E-state index in [1.54, 1.807) is 10.9 Å². The number of aryl methyl sites for hydroxylation is 1. The molecule has 1 aromatic heterocycles. The van der Waals surface area contributed by atoms with E-state index in [1.807, 2.05) is 59.0 Å². The van der Waals surface area contributed by atoms with Crippen molar-refractivity contribution in [2.75, 3.05) is 0 Å². The van der Waals surface area contributed by atoms with Crippen molar-refractivity contribution in [3.63, 3.8) is 0 Å². The van der Waals surface area contributed by atoms with Gasteiger partial charge in [-0.2, -0.15) is 0 Å². The van der Waals surface area contributed by atoms with Gasteiger partial charge in [-0.3, -0.25) is 0 Å². The fourth-order valence-electron chi connectivity index (χ4n) is 2.46. The van der Waals surface area contributed by atoms with Crippen molar-refractivity contribution in [2.45, 2.75) is 45.9 Å². The summed E-state index contributed by atoms with van der Waals surface area (Å²) < 4.78 is 7.59. The largest absolute Gasteiger partial charge is 0.491 e. The highest BCUT2D eigenvalue weighted by Crippen LogP contribution is 2.25. The average Bonchev–Trinajstić information content (AvgIpc) is 2.93. The second-order valence-electron chi connectivity index (χ2n) is 6.07. The molecule has 2 atom stereocenters. The molecule has 0 spiro atoms. The van der Waals surface area contributed by atoms with Crippen LogP contribution in [0, 0.1) is 0 Å². The third-order valence-corrected chi connectivity index (χ3v) is 3.58. The molecule has 0 aliphatic rings. The number of para-hydroxylation sites is 1. The molecule has 24 heavy (non-hydrogen) atoms. The first-order valence-corrected chi connectivity index (χ1v) is 8.05. The zero-order valence-corrected chi connectivity index (χ0v) is 14.8. The van der Waals surface area contributed by atoms with Crippen LogP contribution in [-0.4, -0.2) is 26.9 Å². The van der Waals surface area contributed by atoms with Gasteiger partial charge in [0.2, 0.25) is 0 Å². The van der Waals surface area contributed by atoms with Crippen LogP contribution in [0.5, 0.6) is 5.75 Å². The lowest BCUT2D eigenvalue weighted by molar-refractivity contribution is 0.230. The van der Waals surface area contributed by atoms with Crippen molar-refractivity contribution in [3.8, 4) is 5.75 Å². The molecule has 130 valence electrons. The number of amides is 2. The molecule has 0 radical (unpaired) electrons. The summed E-state index contributed by atoms with van der Waals surface area (Å²) in [5.74, 6) is 1.47. The third-order valence-electron chi connectivity index (χ3n) is 3.58.